The molecule has 0 aliphatic heterocycles. The summed E-state index contributed by atoms with van der Waals surface area (Å²) in [5.41, 5.74) is 2.03. The second-order valence-electron chi connectivity index (χ2n) is 4.90. The van der Waals surface area contributed by atoms with E-state index in [9.17, 15) is 0 Å². The van der Waals surface area contributed by atoms with Crippen molar-refractivity contribution in [1.29, 1.82) is 0 Å². The summed E-state index contributed by atoms with van der Waals surface area (Å²) in [6.45, 7) is 4.19. The molecular weight excluding hydrogens is 304 g/mol. The van der Waals surface area contributed by atoms with Crippen LogP contribution < -0.4 is 0 Å². The van der Waals surface area contributed by atoms with E-state index in [1.54, 1.807) is 22.7 Å². The first-order valence-corrected chi connectivity index (χ1v) is 8.59. The third-order valence-corrected chi connectivity index (χ3v) is 4.86. The Kier molecular flexibility index (Phi) is 4.45. The molecule has 0 saturated carbocycles. The number of rotatable bonds is 0. The molecule has 1 aromatic carbocycles. The van der Waals surface area contributed by atoms with Gasteiger partial charge >= 0.3 is 0 Å². The normalized spacial score (nSPS) is 9.55. The molecule has 0 aliphatic carbocycles. The smallest absolute Gasteiger partial charge is 0.0775 e. The average molecular weight is 318 g/mol. The minimum atomic E-state index is 1.02. The van der Waals surface area contributed by atoms with Gasteiger partial charge in [-0.25, -0.2) is 0 Å². The molecule has 0 amide bonds. The molecule has 0 nitrogen and oxygen atoms in total. The van der Waals surface area contributed by atoms with Crippen molar-refractivity contribution in [2.45, 2.75) is 13.8 Å². The van der Waals surface area contributed by atoms with Gasteiger partial charge in [0.15, 0.2) is 0 Å². The van der Waals surface area contributed by atoms with Gasteiger partial charge in [0.05, 0.1) is 9.75 Å². The summed E-state index contributed by atoms with van der Waals surface area (Å²) in [4.78, 5) is 4.79. The van der Waals surface area contributed by atoms with Gasteiger partial charge < -0.3 is 0 Å². The zero-order valence-corrected chi connectivity index (χ0v) is 14.1. The maximum atomic E-state index is 3.20. The minimum Gasteiger partial charge on any atom is -0.132 e. The summed E-state index contributed by atoms with van der Waals surface area (Å²) >= 11 is 3.45. The van der Waals surface area contributed by atoms with Crippen molar-refractivity contribution in [3.63, 3.8) is 0 Å². The van der Waals surface area contributed by atoms with Crippen LogP contribution in [0.2, 0.25) is 0 Å². The lowest BCUT2D eigenvalue weighted by Gasteiger charge is -1.91. The van der Waals surface area contributed by atoms with E-state index in [0.29, 0.717) is 0 Å². The number of hydrogen-bond acceptors (Lipinski definition) is 2. The Morgan fingerprint density at radius 2 is 0.955 bits per heavy atom. The first-order chi connectivity index (χ1) is 10.7. The standard InChI is InChI=1S/C20H14S2/c1-15-3-11-19(21-15)13-9-17-5-7-18(8-6-17)10-14-20-12-4-16(2)22-20/h3-8,11-12H,1-2H3. The number of thiophene rings is 2. The highest BCUT2D eigenvalue weighted by Crippen LogP contribution is 2.14. The van der Waals surface area contributed by atoms with Crippen molar-refractivity contribution >= 4 is 22.7 Å². The van der Waals surface area contributed by atoms with Crippen LogP contribution in [-0.4, -0.2) is 0 Å². The molecule has 0 unspecified atom stereocenters. The van der Waals surface area contributed by atoms with Crippen LogP contribution in [0.5, 0.6) is 0 Å². The Morgan fingerprint density at radius 3 is 1.27 bits per heavy atom. The molecule has 0 saturated heterocycles. The summed E-state index contributed by atoms with van der Waals surface area (Å²) in [6, 6.07) is 16.4. The number of aryl methyl sites for hydroxylation is 2. The van der Waals surface area contributed by atoms with Gasteiger partial charge in [-0.2, -0.15) is 0 Å². The van der Waals surface area contributed by atoms with Crippen molar-refractivity contribution < 1.29 is 0 Å². The molecule has 2 heteroatoms. The van der Waals surface area contributed by atoms with Crippen molar-refractivity contribution in [2.24, 2.45) is 0 Å². The molecular formula is C20H14S2. The van der Waals surface area contributed by atoms with Gasteiger partial charge in [-0.05, 0) is 62.4 Å². The molecule has 2 heterocycles. The first-order valence-electron chi connectivity index (χ1n) is 6.96. The SMILES string of the molecule is Cc1ccc(C#Cc2ccc(C#Cc3ccc(C)s3)cc2)s1. The van der Waals surface area contributed by atoms with Crippen molar-refractivity contribution in [2.75, 3.05) is 0 Å². The second kappa shape index (κ2) is 6.67. The van der Waals surface area contributed by atoms with Gasteiger partial charge in [0.25, 0.3) is 0 Å². The van der Waals surface area contributed by atoms with Gasteiger partial charge in [0.2, 0.25) is 0 Å². The average Bonchev–Trinajstić information content (AvgIpc) is 3.12. The van der Waals surface area contributed by atoms with Crippen molar-refractivity contribution in [1.82, 2.24) is 0 Å². The Balaban J connectivity index is 1.73. The quantitative estimate of drug-likeness (QED) is 0.498. The van der Waals surface area contributed by atoms with E-state index in [0.717, 1.165) is 20.9 Å². The summed E-state index contributed by atoms with van der Waals surface area (Å²) in [5.74, 6) is 12.8. The second-order valence-corrected chi connectivity index (χ2v) is 7.47. The van der Waals surface area contributed by atoms with E-state index in [4.69, 9.17) is 0 Å². The fourth-order valence-electron chi connectivity index (χ4n) is 1.91. The highest BCUT2D eigenvalue weighted by Gasteiger charge is 1.93. The summed E-state index contributed by atoms with van der Waals surface area (Å²) in [7, 11) is 0. The van der Waals surface area contributed by atoms with Gasteiger partial charge in [0.1, 0.15) is 0 Å². The van der Waals surface area contributed by atoms with E-state index in [2.05, 4.69) is 61.8 Å². The van der Waals surface area contributed by atoms with Crippen LogP contribution in [0.15, 0.2) is 48.5 Å². The van der Waals surface area contributed by atoms with Gasteiger partial charge in [-0.3, -0.25) is 0 Å². The van der Waals surface area contributed by atoms with Crippen LogP contribution in [0, 0.1) is 37.5 Å². The third-order valence-electron chi connectivity index (χ3n) is 3.03. The molecule has 0 aliphatic rings. The van der Waals surface area contributed by atoms with Crippen LogP contribution in [-0.2, 0) is 0 Å². The van der Waals surface area contributed by atoms with Crippen molar-refractivity contribution in [3.8, 4) is 23.7 Å². The zero-order chi connectivity index (χ0) is 15.4. The van der Waals surface area contributed by atoms with Crippen LogP contribution in [0.4, 0.5) is 0 Å². The fourth-order valence-corrected chi connectivity index (χ4v) is 3.35. The molecule has 0 radical (unpaired) electrons. The molecule has 3 rings (SSSR count). The monoisotopic (exact) mass is 318 g/mol. The van der Waals surface area contributed by atoms with E-state index in [-0.39, 0.29) is 0 Å². The highest BCUT2D eigenvalue weighted by atomic mass is 32.1. The Labute approximate surface area is 139 Å². The molecule has 0 spiro atoms. The van der Waals surface area contributed by atoms with E-state index in [1.165, 1.54) is 9.75 Å². The van der Waals surface area contributed by atoms with Gasteiger partial charge in [0, 0.05) is 20.9 Å². The lowest BCUT2D eigenvalue weighted by molar-refractivity contribution is 1.60. The molecule has 0 atom stereocenters. The molecule has 22 heavy (non-hydrogen) atoms. The molecule has 0 fully saturated rings. The summed E-state index contributed by atoms with van der Waals surface area (Å²) in [6.07, 6.45) is 0. The molecule has 106 valence electrons. The van der Waals surface area contributed by atoms with Crippen LogP contribution in [0.1, 0.15) is 30.6 Å². The predicted molar refractivity (Wildman–Crippen MR) is 96.5 cm³/mol. The Hall–Kier alpha value is -2.26. The molecule has 0 bridgehead atoms. The number of hydrogen-bond donors (Lipinski definition) is 0. The molecule has 2 aromatic heterocycles. The van der Waals surface area contributed by atoms with E-state index >= 15 is 0 Å². The van der Waals surface area contributed by atoms with Gasteiger partial charge in [-0.1, -0.05) is 23.7 Å². The Bertz CT molecular complexity index is 823. The molecule has 3 aromatic rings. The lowest BCUT2D eigenvalue weighted by Crippen LogP contribution is -1.77. The highest BCUT2D eigenvalue weighted by molar-refractivity contribution is 7.12. The zero-order valence-electron chi connectivity index (χ0n) is 12.4. The number of benzene rings is 1. The Morgan fingerprint density at radius 1 is 0.545 bits per heavy atom. The van der Waals surface area contributed by atoms with Gasteiger partial charge in [-0.15, -0.1) is 22.7 Å². The first kappa shape index (κ1) is 14.7. The van der Waals surface area contributed by atoms with Crippen LogP contribution >= 0.6 is 22.7 Å². The summed E-state index contributed by atoms with van der Waals surface area (Å²) < 4.78 is 0. The predicted octanol–water partition coefficient (Wildman–Crippen LogP) is 5.23. The van der Waals surface area contributed by atoms with Crippen LogP contribution in [0.3, 0.4) is 0 Å². The largest absolute Gasteiger partial charge is 0.132 e. The summed E-state index contributed by atoms with van der Waals surface area (Å²) in [5, 5.41) is 0. The maximum absolute atomic E-state index is 3.20. The fraction of sp³-hybridized carbons (Fsp3) is 0.100. The van der Waals surface area contributed by atoms with E-state index < -0.39 is 0 Å². The maximum Gasteiger partial charge on any atom is 0.0775 e. The van der Waals surface area contributed by atoms with Crippen molar-refractivity contribution in [3.05, 3.63) is 79.2 Å². The topological polar surface area (TPSA) is 0 Å². The van der Waals surface area contributed by atoms with Crippen LogP contribution in [0.25, 0.3) is 0 Å². The molecule has 0 N–H and O–H groups in total. The third kappa shape index (κ3) is 3.89. The van der Waals surface area contributed by atoms with E-state index in [1.807, 2.05) is 24.3 Å². The lowest BCUT2D eigenvalue weighted by atomic mass is 10.1. The minimum absolute atomic E-state index is 1.02.